The molecule has 2 amide bonds. The zero-order chi connectivity index (χ0) is 26.7. The van der Waals surface area contributed by atoms with Crippen LogP contribution in [-0.4, -0.2) is 64.6 Å². The first-order valence-electron chi connectivity index (χ1n) is 12.7. The van der Waals surface area contributed by atoms with Crippen LogP contribution in [0, 0.1) is 5.92 Å². The molecule has 9 heteroatoms. The lowest BCUT2D eigenvalue weighted by molar-refractivity contribution is 0.0406. The highest BCUT2D eigenvalue weighted by Crippen LogP contribution is 2.29. The van der Waals surface area contributed by atoms with Crippen molar-refractivity contribution >= 4 is 23.6 Å². The molecule has 0 aliphatic carbocycles. The molecular formula is C28H38ClN3O5. The molecule has 1 aliphatic heterocycles. The molecule has 37 heavy (non-hydrogen) atoms. The molecule has 1 unspecified atom stereocenters. The normalized spacial score (nSPS) is 17.9. The summed E-state index contributed by atoms with van der Waals surface area (Å²) in [6.45, 7) is 4.75. The van der Waals surface area contributed by atoms with Crippen molar-refractivity contribution in [1.82, 2.24) is 16.0 Å². The van der Waals surface area contributed by atoms with Gasteiger partial charge in [-0.05, 0) is 74.5 Å². The number of ether oxygens (including phenoxy) is 3. The lowest BCUT2D eigenvalue weighted by Gasteiger charge is -2.35. The summed E-state index contributed by atoms with van der Waals surface area (Å²) >= 11 is 6.24. The molecule has 1 saturated heterocycles. The molecule has 202 valence electrons. The summed E-state index contributed by atoms with van der Waals surface area (Å²) in [6, 6.07) is 14.8. The monoisotopic (exact) mass is 531 g/mol. The Morgan fingerprint density at radius 1 is 1.16 bits per heavy atom. The predicted molar refractivity (Wildman–Crippen MR) is 144 cm³/mol. The fourth-order valence-electron chi connectivity index (χ4n) is 4.55. The molecule has 0 aromatic heterocycles. The van der Waals surface area contributed by atoms with E-state index in [1.165, 1.54) is 7.11 Å². The van der Waals surface area contributed by atoms with Gasteiger partial charge in [-0.2, -0.15) is 0 Å². The van der Waals surface area contributed by atoms with Crippen molar-refractivity contribution in [3.05, 3.63) is 70.2 Å². The molecule has 3 rings (SSSR count). The van der Waals surface area contributed by atoms with Gasteiger partial charge in [-0.3, -0.25) is 4.79 Å². The van der Waals surface area contributed by atoms with Gasteiger partial charge in [-0.15, -0.1) is 0 Å². The number of hydrogen-bond donors (Lipinski definition) is 3. The maximum atomic E-state index is 13.1. The molecular weight excluding hydrogens is 494 g/mol. The Labute approximate surface area is 224 Å². The van der Waals surface area contributed by atoms with Crippen LogP contribution in [0.5, 0.6) is 0 Å². The van der Waals surface area contributed by atoms with E-state index in [1.54, 1.807) is 12.1 Å². The second kappa shape index (κ2) is 14.3. The van der Waals surface area contributed by atoms with Crippen LogP contribution in [0.4, 0.5) is 4.79 Å². The standard InChI is InChI=1S/C28H38ClN3O5/c1-28(30-2,17-20-7-6-13-36-18-20)19-32-26(33)23-10-4-8-21(15-23)25(22-9-5-11-24(29)16-22)37-14-12-31-27(34)35-3/h4-5,8-11,15-16,20,25,30H,6-7,12-14,17-19H2,1-3H3,(H,31,34)(H,32,33)/t20-,25?,28-/m1/s1. The van der Waals surface area contributed by atoms with Crippen LogP contribution in [0.15, 0.2) is 48.5 Å². The second-order valence-corrected chi connectivity index (χ2v) is 10.1. The molecule has 0 radical (unpaired) electrons. The summed E-state index contributed by atoms with van der Waals surface area (Å²) in [4.78, 5) is 24.5. The summed E-state index contributed by atoms with van der Waals surface area (Å²) in [6.07, 6.45) is 2.16. The molecule has 1 aliphatic rings. The number of halogens is 1. The van der Waals surface area contributed by atoms with Gasteiger partial charge in [-0.1, -0.05) is 35.9 Å². The third kappa shape index (κ3) is 9.00. The van der Waals surface area contributed by atoms with Gasteiger partial charge in [0.15, 0.2) is 0 Å². The van der Waals surface area contributed by atoms with Gasteiger partial charge in [0, 0.05) is 42.4 Å². The summed E-state index contributed by atoms with van der Waals surface area (Å²) < 4.78 is 16.4. The Balaban J connectivity index is 1.69. The minimum Gasteiger partial charge on any atom is -0.453 e. The molecule has 3 atom stereocenters. The number of amides is 2. The first kappa shape index (κ1) is 28.9. The third-order valence-corrected chi connectivity index (χ3v) is 6.92. The van der Waals surface area contributed by atoms with Crippen molar-refractivity contribution in [3.8, 4) is 0 Å². The van der Waals surface area contributed by atoms with E-state index in [9.17, 15) is 9.59 Å². The van der Waals surface area contributed by atoms with Crippen molar-refractivity contribution in [2.24, 2.45) is 5.92 Å². The quantitative estimate of drug-likeness (QED) is 0.353. The molecule has 1 heterocycles. The van der Waals surface area contributed by atoms with Crippen LogP contribution in [0.25, 0.3) is 0 Å². The van der Waals surface area contributed by atoms with Gasteiger partial charge in [-0.25, -0.2) is 4.79 Å². The fraction of sp³-hybridized carbons (Fsp3) is 0.500. The SMILES string of the molecule is CN[C@@](C)(CNC(=O)c1cccc(C(OCCNC(=O)OC)c2cccc(Cl)c2)c1)C[C@H]1CCCOC1. The molecule has 0 saturated carbocycles. The Morgan fingerprint density at radius 2 is 1.92 bits per heavy atom. The number of carbonyl (C=O) groups is 2. The Kier molecular flexibility index (Phi) is 11.2. The second-order valence-electron chi connectivity index (χ2n) is 9.63. The fourth-order valence-corrected chi connectivity index (χ4v) is 4.74. The summed E-state index contributed by atoms with van der Waals surface area (Å²) in [7, 11) is 3.24. The van der Waals surface area contributed by atoms with E-state index in [0.29, 0.717) is 23.0 Å². The zero-order valence-electron chi connectivity index (χ0n) is 21.8. The van der Waals surface area contributed by atoms with Crippen LogP contribution in [0.1, 0.15) is 53.8 Å². The number of methoxy groups -OCH3 is 1. The van der Waals surface area contributed by atoms with Gasteiger partial charge in [0.1, 0.15) is 6.10 Å². The first-order chi connectivity index (χ1) is 17.8. The van der Waals surface area contributed by atoms with Crippen molar-refractivity contribution in [1.29, 1.82) is 0 Å². The summed E-state index contributed by atoms with van der Waals surface area (Å²) in [5.74, 6) is 0.330. The number of nitrogens with one attached hydrogen (secondary N) is 3. The smallest absolute Gasteiger partial charge is 0.406 e. The third-order valence-electron chi connectivity index (χ3n) is 6.68. The first-order valence-corrected chi connectivity index (χ1v) is 13.0. The molecule has 2 aromatic rings. The zero-order valence-corrected chi connectivity index (χ0v) is 22.6. The van der Waals surface area contributed by atoms with E-state index in [2.05, 4.69) is 27.6 Å². The Morgan fingerprint density at radius 3 is 2.59 bits per heavy atom. The van der Waals surface area contributed by atoms with Crippen molar-refractivity contribution < 1.29 is 23.8 Å². The minimum atomic E-state index is -0.522. The van der Waals surface area contributed by atoms with Crippen molar-refractivity contribution in [3.63, 3.8) is 0 Å². The molecule has 1 fully saturated rings. The Bertz CT molecular complexity index is 1030. The van der Waals surface area contributed by atoms with Crippen LogP contribution >= 0.6 is 11.6 Å². The number of alkyl carbamates (subject to hydrolysis) is 1. The van der Waals surface area contributed by atoms with Crippen LogP contribution in [0.2, 0.25) is 5.02 Å². The number of likely N-dealkylation sites (N-methyl/N-ethyl adjacent to an activating group) is 1. The highest BCUT2D eigenvalue weighted by Gasteiger charge is 2.28. The largest absolute Gasteiger partial charge is 0.453 e. The highest BCUT2D eigenvalue weighted by atomic mass is 35.5. The predicted octanol–water partition coefficient (Wildman–Crippen LogP) is 4.33. The van der Waals surface area contributed by atoms with E-state index in [-0.39, 0.29) is 24.6 Å². The molecule has 2 aromatic carbocycles. The van der Waals surface area contributed by atoms with Crippen molar-refractivity contribution in [2.45, 2.75) is 37.8 Å². The topological polar surface area (TPSA) is 97.9 Å². The van der Waals surface area contributed by atoms with E-state index >= 15 is 0 Å². The van der Waals surface area contributed by atoms with Crippen molar-refractivity contribution in [2.75, 3.05) is 47.1 Å². The minimum absolute atomic E-state index is 0.152. The molecule has 3 N–H and O–H groups in total. The van der Waals surface area contributed by atoms with Gasteiger partial charge in [0.25, 0.3) is 5.91 Å². The highest BCUT2D eigenvalue weighted by molar-refractivity contribution is 6.30. The van der Waals surface area contributed by atoms with E-state index in [4.69, 9.17) is 21.1 Å². The lowest BCUT2D eigenvalue weighted by Crippen LogP contribution is -2.51. The molecule has 8 nitrogen and oxygen atoms in total. The number of hydrogen-bond acceptors (Lipinski definition) is 6. The number of carbonyl (C=O) groups excluding carboxylic acids is 2. The van der Waals surface area contributed by atoms with Gasteiger partial charge in [0.05, 0.1) is 13.7 Å². The molecule has 0 bridgehead atoms. The average Bonchev–Trinajstić information content (AvgIpc) is 2.92. The van der Waals surface area contributed by atoms with Crippen LogP contribution in [0.3, 0.4) is 0 Å². The number of benzene rings is 2. The van der Waals surface area contributed by atoms with E-state index < -0.39 is 12.2 Å². The average molecular weight is 532 g/mol. The maximum Gasteiger partial charge on any atom is 0.406 e. The number of rotatable bonds is 12. The Hall–Kier alpha value is -2.65. The van der Waals surface area contributed by atoms with Crippen LogP contribution in [-0.2, 0) is 14.2 Å². The van der Waals surface area contributed by atoms with Gasteiger partial charge >= 0.3 is 6.09 Å². The van der Waals surface area contributed by atoms with Gasteiger partial charge < -0.3 is 30.2 Å². The van der Waals surface area contributed by atoms with E-state index in [1.807, 2.05) is 43.4 Å². The maximum absolute atomic E-state index is 13.1. The van der Waals surface area contributed by atoms with E-state index in [0.717, 1.165) is 43.6 Å². The van der Waals surface area contributed by atoms with Crippen LogP contribution < -0.4 is 16.0 Å². The summed E-state index contributed by atoms with van der Waals surface area (Å²) in [5.41, 5.74) is 1.96. The lowest BCUT2D eigenvalue weighted by atomic mass is 9.86. The summed E-state index contributed by atoms with van der Waals surface area (Å²) in [5, 5.41) is 9.68. The van der Waals surface area contributed by atoms with Gasteiger partial charge in [0.2, 0.25) is 0 Å². The molecule has 0 spiro atoms.